The Morgan fingerprint density at radius 2 is 1.79 bits per heavy atom. The molecular formula is C16H22N2O. The van der Waals surface area contributed by atoms with Gasteiger partial charge in [0.1, 0.15) is 0 Å². The summed E-state index contributed by atoms with van der Waals surface area (Å²) in [6.45, 7) is 5.26. The van der Waals surface area contributed by atoms with Crippen LogP contribution in [0.1, 0.15) is 45.1 Å². The molecule has 0 aromatic heterocycles. The van der Waals surface area contributed by atoms with Crippen molar-refractivity contribution in [3.05, 3.63) is 29.8 Å². The Morgan fingerprint density at radius 3 is 2.26 bits per heavy atom. The topological polar surface area (TPSA) is 46.3 Å². The third-order valence-corrected chi connectivity index (χ3v) is 4.77. The first-order chi connectivity index (χ1) is 8.96. The quantitative estimate of drug-likeness (QED) is 0.829. The maximum absolute atomic E-state index is 12.9. The fraction of sp³-hybridized carbons (Fsp3) is 0.562. The van der Waals surface area contributed by atoms with Crippen molar-refractivity contribution < 1.29 is 4.79 Å². The van der Waals surface area contributed by atoms with E-state index < -0.39 is 0 Å². The fourth-order valence-electron chi connectivity index (χ4n) is 3.30. The Balaban J connectivity index is 1.89. The Bertz CT molecular complexity index is 500. The van der Waals surface area contributed by atoms with Crippen LogP contribution < -0.4 is 5.73 Å². The Morgan fingerprint density at radius 1 is 1.16 bits per heavy atom. The lowest BCUT2D eigenvalue weighted by Crippen LogP contribution is -2.47. The summed E-state index contributed by atoms with van der Waals surface area (Å²) in [5, 5.41) is 0. The molecule has 3 heteroatoms. The molecular weight excluding hydrogens is 236 g/mol. The number of nitrogen functional groups attached to an aromatic ring is 1. The van der Waals surface area contributed by atoms with Crippen LogP contribution in [0, 0.1) is 0 Å². The van der Waals surface area contributed by atoms with Crippen LogP contribution >= 0.6 is 0 Å². The van der Waals surface area contributed by atoms with Gasteiger partial charge in [0.05, 0.1) is 5.41 Å². The highest BCUT2D eigenvalue weighted by molar-refractivity contribution is 5.92. The van der Waals surface area contributed by atoms with Crippen molar-refractivity contribution in [2.24, 2.45) is 0 Å². The highest BCUT2D eigenvalue weighted by Gasteiger charge is 2.55. The van der Waals surface area contributed by atoms with Gasteiger partial charge in [0, 0.05) is 17.8 Å². The lowest BCUT2D eigenvalue weighted by Gasteiger charge is -2.35. The van der Waals surface area contributed by atoms with E-state index in [1.165, 1.54) is 0 Å². The molecule has 0 bridgehead atoms. The summed E-state index contributed by atoms with van der Waals surface area (Å²) in [6, 6.07) is 7.84. The van der Waals surface area contributed by atoms with E-state index in [0.717, 1.165) is 43.5 Å². The Hall–Kier alpha value is -1.51. The number of hydrogen-bond donors (Lipinski definition) is 1. The van der Waals surface area contributed by atoms with Crippen molar-refractivity contribution in [2.75, 3.05) is 12.3 Å². The smallest absolute Gasteiger partial charge is 0.233 e. The Labute approximate surface area is 114 Å². The van der Waals surface area contributed by atoms with Gasteiger partial charge >= 0.3 is 0 Å². The van der Waals surface area contributed by atoms with Gasteiger partial charge in [-0.1, -0.05) is 12.1 Å². The molecule has 1 aromatic carbocycles. The van der Waals surface area contributed by atoms with E-state index >= 15 is 0 Å². The number of amides is 1. The monoisotopic (exact) mass is 258 g/mol. The zero-order valence-electron chi connectivity index (χ0n) is 11.8. The predicted octanol–water partition coefficient (Wildman–Crippen LogP) is 2.70. The van der Waals surface area contributed by atoms with E-state index in [1.807, 2.05) is 24.3 Å². The van der Waals surface area contributed by atoms with Crippen molar-refractivity contribution >= 4 is 11.6 Å². The molecule has 19 heavy (non-hydrogen) atoms. The minimum Gasteiger partial charge on any atom is -0.399 e. The largest absolute Gasteiger partial charge is 0.399 e. The van der Waals surface area contributed by atoms with Crippen molar-refractivity contribution in [3.63, 3.8) is 0 Å². The molecule has 102 valence electrons. The summed E-state index contributed by atoms with van der Waals surface area (Å²) < 4.78 is 0. The van der Waals surface area contributed by atoms with Gasteiger partial charge in [0.2, 0.25) is 5.91 Å². The lowest BCUT2D eigenvalue weighted by atomic mass is 9.92. The number of nitrogens with two attached hydrogens (primary N) is 1. The number of nitrogens with zero attached hydrogens (tertiary/aromatic N) is 1. The molecule has 3 rings (SSSR count). The molecule has 0 unspecified atom stereocenters. The number of carbonyl (C=O) groups is 1. The van der Waals surface area contributed by atoms with Crippen LogP contribution in [0.3, 0.4) is 0 Å². The van der Waals surface area contributed by atoms with Gasteiger partial charge in [0.25, 0.3) is 0 Å². The standard InChI is InChI=1S/C16H22N2O/c1-15(2)8-3-11-18(15)14(19)16(9-10-16)12-4-6-13(17)7-5-12/h4-7H,3,8-11,17H2,1-2H3. The normalized spacial score (nSPS) is 23.4. The van der Waals surface area contributed by atoms with E-state index in [1.54, 1.807) is 0 Å². The first-order valence-electron chi connectivity index (χ1n) is 7.14. The number of likely N-dealkylation sites (tertiary alicyclic amines) is 1. The van der Waals surface area contributed by atoms with Crippen LogP contribution in [-0.2, 0) is 10.2 Å². The second-order valence-electron chi connectivity index (χ2n) is 6.58. The number of anilines is 1. The third kappa shape index (κ3) is 1.92. The van der Waals surface area contributed by atoms with Crippen LogP contribution in [-0.4, -0.2) is 22.9 Å². The second-order valence-corrected chi connectivity index (χ2v) is 6.58. The predicted molar refractivity (Wildman–Crippen MR) is 76.8 cm³/mol. The average Bonchev–Trinajstić information content (AvgIpc) is 3.09. The van der Waals surface area contributed by atoms with Crippen LogP contribution in [0.2, 0.25) is 0 Å². The average molecular weight is 258 g/mol. The van der Waals surface area contributed by atoms with Gasteiger partial charge in [-0.05, 0) is 57.2 Å². The van der Waals surface area contributed by atoms with Gasteiger partial charge in [-0.25, -0.2) is 0 Å². The van der Waals surface area contributed by atoms with Crippen LogP contribution in [0.25, 0.3) is 0 Å². The fourth-order valence-corrected chi connectivity index (χ4v) is 3.30. The molecule has 0 atom stereocenters. The molecule has 1 aliphatic heterocycles. The SMILES string of the molecule is CC1(C)CCCN1C(=O)C1(c2ccc(N)cc2)CC1. The van der Waals surface area contributed by atoms with Crippen LogP contribution in [0.5, 0.6) is 0 Å². The van der Waals surface area contributed by atoms with Gasteiger partial charge in [-0.2, -0.15) is 0 Å². The van der Waals surface area contributed by atoms with Crippen LogP contribution in [0.4, 0.5) is 5.69 Å². The summed E-state index contributed by atoms with van der Waals surface area (Å²) in [6.07, 6.45) is 4.18. The zero-order chi connectivity index (χ0) is 13.7. The molecule has 2 fully saturated rings. The summed E-state index contributed by atoms with van der Waals surface area (Å²) in [4.78, 5) is 15.0. The number of hydrogen-bond acceptors (Lipinski definition) is 2. The zero-order valence-corrected chi connectivity index (χ0v) is 11.8. The summed E-state index contributed by atoms with van der Waals surface area (Å²) >= 11 is 0. The van der Waals surface area contributed by atoms with Crippen molar-refractivity contribution in [1.29, 1.82) is 0 Å². The maximum Gasteiger partial charge on any atom is 0.233 e. The first kappa shape index (κ1) is 12.5. The van der Waals surface area contributed by atoms with Gasteiger partial charge in [0.15, 0.2) is 0 Å². The molecule has 0 spiro atoms. The van der Waals surface area contributed by atoms with Crippen molar-refractivity contribution in [1.82, 2.24) is 4.90 Å². The molecule has 1 saturated heterocycles. The van der Waals surface area contributed by atoms with Gasteiger partial charge < -0.3 is 10.6 Å². The van der Waals surface area contributed by atoms with Crippen molar-refractivity contribution in [2.45, 2.75) is 50.5 Å². The van der Waals surface area contributed by atoms with Gasteiger partial charge in [-0.15, -0.1) is 0 Å². The lowest BCUT2D eigenvalue weighted by molar-refractivity contribution is -0.137. The minimum absolute atomic E-state index is 0.0144. The highest BCUT2D eigenvalue weighted by Crippen LogP contribution is 2.51. The van der Waals surface area contributed by atoms with E-state index in [0.29, 0.717) is 5.91 Å². The molecule has 1 heterocycles. The number of carbonyl (C=O) groups excluding carboxylic acids is 1. The summed E-state index contributed by atoms with van der Waals surface area (Å²) in [5.41, 5.74) is 7.39. The van der Waals surface area contributed by atoms with E-state index in [-0.39, 0.29) is 11.0 Å². The van der Waals surface area contributed by atoms with E-state index in [4.69, 9.17) is 5.73 Å². The number of rotatable bonds is 2. The molecule has 1 saturated carbocycles. The molecule has 3 nitrogen and oxygen atoms in total. The van der Waals surface area contributed by atoms with Crippen molar-refractivity contribution in [3.8, 4) is 0 Å². The van der Waals surface area contributed by atoms with E-state index in [2.05, 4.69) is 18.7 Å². The molecule has 2 aliphatic rings. The molecule has 2 N–H and O–H groups in total. The molecule has 1 aliphatic carbocycles. The minimum atomic E-state index is -0.255. The third-order valence-electron chi connectivity index (χ3n) is 4.77. The second kappa shape index (κ2) is 3.99. The molecule has 1 amide bonds. The summed E-state index contributed by atoms with van der Waals surface area (Å²) in [7, 11) is 0. The summed E-state index contributed by atoms with van der Waals surface area (Å²) in [5.74, 6) is 0.319. The van der Waals surface area contributed by atoms with E-state index in [9.17, 15) is 4.79 Å². The molecule has 1 aromatic rings. The molecule has 0 radical (unpaired) electrons. The Kier molecular flexibility index (Phi) is 2.63. The number of benzene rings is 1. The van der Waals surface area contributed by atoms with Gasteiger partial charge in [-0.3, -0.25) is 4.79 Å². The highest BCUT2D eigenvalue weighted by atomic mass is 16.2. The van der Waals surface area contributed by atoms with Crippen LogP contribution in [0.15, 0.2) is 24.3 Å². The first-order valence-corrected chi connectivity index (χ1v) is 7.14. The maximum atomic E-state index is 12.9.